The van der Waals surface area contributed by atoms with E-state index in [1.165, 1.54) is 34.3 Å². The molecule has 1 amide bonds. The number of carbonyl (C=O) groups is 2. The van der Waals surface area contributed by atoms with Gasteiger partial charge in [-0.1, -0.05) is 29.3 Å². The van der Waals surface area contributed by atoms with Gasteiger partial charge < -0.3 is 10.1 Å². The van der Waals surface area contributed by atoms with Gasteiger partial charge in [0.2, 0.25) is 10.0 Å². The van der Waals surface area contributed by atoms with Crippen molar-refractivity contribution in [3.63, 3.8) is 0 Å². The summed E-state index contributed by atoms with van der Waals surface area (Å²) in [6.45, 7) is 4.39. The van der Waals surface area contributed by atoms with Gasteiger partial charge in [-0.15, -0.1) is 11.8 Å². The number of benzene rings is 2. The summed E-state index contributed by atoms with van der Waals surface area (Å²) in [5.74, 6) is -1.06. The maximum absolute atomic E-state index is 12.7. The number of hydrogen-bond donors (Lipinski definition) is 1. The summed E-state index contributed by atoms with van der Waals surface area (Å²) in [7, 11) is -3.64. The molecule has 0 saturated carbocycles. The van der Waals surface area contributed by atoms with E-state index in [0.717, 1.165) is 28.9 Å². The van der Waals surface area contributed by atoms with Gasteiger partial charge in [0.1, 0.15) is 0 Å². The minimum absolute atomic E-state index is 0.0565. The van der Waals surface area contributed by atoms with Crippen LogP contribution >= 0.6 is 23.4 Å². The van der Waals surface area contributed by atoms with E-state index in [4.69, 9.17) is 16.3 Å². The third-order valence-electron chi connectivity index (χ3n) is 4.97. The Kier molecular flexibility index (Phi) is 8.21. The number of rotatable bonds is 8. The number of nitrogens with zero attached hydrogens (tertiary/aromatic N) is 1. The number of hydrogen-bond acceptors (Lipinski definition) is 6. The first-order chi connectivity index (χ1) is 15.2. The van der Waals surface area contributed by atoms with Crippen molar-refractivity contribution in [2.45, 2.75) is 36.5 Å². The zero-order valence-electron chi connectivity index (χ0n) is 17.9. The van der Waals surface area contributed by atoms with E-state index in [-0.39, 0.29) is 21.4 Å². The van der Waals surface area contributed by atoms with Gasteiger partial charge >= 0.3 is 5.97 Å². The van der Waals surface area contributed by atoms with E-state index in [9.17, 15) is 18.0 Å². The Balaban J connectivity index is 1.55. The predicted molar refractivity (Wildman–Crippen MR) is 126 cm³/mol. The monoisotopic (exact) mass is 496 g/mol. The van der Waals surface area contributed by atoms with Crippen LogP contribution in [0, 0.1) is 13.8 Å². The number of esters is 1. The maximum atomic E-state index is 12.7. The molecular formula is C22H25ClN2O5S2. The van der Waals surface area contributed by atoms with Gasteiger partial charge in [-0.25, -0.2) is 8.42 Å². The number of anilines is 1. The average Bonchev–Trinajstić information content (AvgIpc) is 3.30. The molecular weight excluding hydrogens is 472 g/mol. The van der Waals surface area contributed by atoms with Crippen molar-refractivity contribution in [3.05, 3.63) is 52.5 Å². The van der Waals surface area contributed by atoms with Gasteiger partial charge in [0.25, 0.3) is 5.91 Å². The molecule has 2 aromatic carbocycles. The van der Waals surface area contributed by atoms with Gasteiger partial charge in [0.15, 0.2) is 6.61 Å². The quantitative estimate of drug-likeness (QED) is 0.438. The molecule has 0 unspecified atom stereocenters. The minimum Gasteiger partial charge on any atom is -0.455 e. The van der Waals surface area contributed by atoms with E-state index >= 15 is 0 Å². The minimum atomic E-state index is -3.64. The largest absolute Gasteiger partial charge is 0.455 e. The van der Waals surface area contributed by atoms with Crippen molar-refractivity contribution < 1.29 is 22.7 Å². The lowest BCUT2D eigenvalue weighted by Crippen LogP contribution is -2.28. The van der Waals surface area contributed by atoms with Gasteiger partial charge in [0, 0.05) is 18.0 Å². The van der Waals surface area contributed by atoms with Crippen LogP contribution in [0.1, 0.15) is 24.0 Å². The highest BCUT2D eigenvalue weighted by molar-refractivity contribution is 8.00. The highest BCUT2D eigenvalue weighted by Crippen LogP contribution is 2.28. The summed E-state index contributed by atoms with van der Waals surface area (Å²) in [5.41, 5.74) is 2.30. The van der Waals surface area contributed by atoms with E-state index in [0.29, 0.717) is 13.1 Å². The van der Waals surface area contributed by atoms with Crippen LogP contribution in [0.3, 0.4) is 0 Å². The molecule has 0 aromatic heterocycles. The van der Waals surface area contributed by atoms with Crippen LogP contribution in [0.2, 0.25) is 5.02 Å². The van der Waals surface area contributed by atoms with Crippen molar-refractivity contribution in [1.29, 1.82) is 0 Å². The molecule has 172 valence electrons. The van der Waals surface area contributed by atoms with Crippen molar-refractivity contribution in [2.24, 2.45) is 0 Å². The molecule has 2 aromatic rings. The molecule has 0 radical (unpaired) electrons. The van der Waals surface area contributed by atoms with Crippen LogP contribution in [-0.4, -0.2) is 50.0 Å². The molecule has 1 saturated heterocycles. The SMILES string of the molecule is Cc1ccc(C)c(SCC(=O)OCC(=O)Nc2cc(S(=O)(=O)N3CCCC3)ccc2Cl)c1. The number of sulfonamides is 1. The van der Waals surface area contributed by atoms with Crippen molar-refractivity contribution in [1.82, 2.24) is 4.31 Å². The first kappa shape index (κ1) is 24.6. The second-order valence-corrected chi connectivity index (χ2v) is 10.9. The topological polar surface area (TPSA) is 92.8 Å². The molecule has 3 rings (SSSR count). The van der Waals surface area contributed by atoms with Crippen LogP contribution < -0.4 is 5.32 Å². The van der Waals surface area contributed by atoms with Crippen LogP contribution in [0.4, 0.5) is 5.69 Å². The molecule has 10 heteroatoms. The Morgan fingerprint density at radius 2 is 1.84 bits per heavy atom. The maximum Gasteiger partial charge on any atom is 0.316 e. The first-order valence-electron chi connectivity index (χ1n) is 10.1. The number of carbonyl (C=O) groups excluding carboxylic acids is 2. The smallest absolute Gasteiger partial charge is 0.316 e. The van der Waals surface area contributed by atoms with Crippen molar-refractivity contribution in [2.75, 3.05) is 30.8 Å². The zero-order chi connectivity index (χ0) is 23.3. The van der Waals surface area contributed by atoms with Crippen LogP contribution in [0.15, 0.2) is 46.2 Å². The van der Waals surface area contributed by atoms with Gasteiger partial charge in [-0.3, -0.25) is 9.59 Å². The highest BCUT2D eigenvalue weighted by Gasteiger charge is 2.27. The van der Waals surface area contributed by atoms with Gasteiger partial charge in [-0.2, -0.15) is 4.31 Å². The lowest BCUT2D eigenvalue weighted by molar-refractivity contribution is -0.144. The molecule has 1 N–H and O–H groups in total. The third kappa shape index (κ3) is 6.25. The number of amides is 1. The highest BCUT2D eigenvalue weighted by atomic mass is 35.5. The normalized spacial score (nSPS) is 14.3. The lowest BCUT2D eigenvalue weighted by Gasteiger charge is -2.16. The molecule has 0 spiro atoms. The summed E-state index contributed by atoms with van der Waals surface area (Å²) in [4.78, 5) is 25.3. The average molecular weight is 497 g/mol. The lowest BCUT2D eigenvalue weighted by atomic mass is 10.2. The Morgan fingerprint density at radius 3 is 2.56 bits per heavy atom. The Hall–Kier alpha value is -2.07. The fraction of sp³-hybridized carbons (Fsp3) is 0.364. The van der Waals surface area contributed by atoms with Gasteiger partial charge in [0.05, 0.1) is 21.4 Å². The van der Waals surface area contributed by atoms with Crippen molar-refractivity contribution in [3.8, 4) is 0 Å². The fourth-order valence-corrected chi connectivity index (χ4v) is 5.84. The third-order valence-corrected chi connectivity index (χ3v) is 8.32. The number of thioether (sulfide) groups is 1. The van der Waals surface area contributed by atoms with E-state index < -0.39 is 28.5 Å². The predicted octanol–water partition coefficient (Wildman–Crippen LogP) is 4.02. The number of aryl methyl sites for hydroxylation is 2. The Bertz CT molecular complexity index is 1120. The van der Waals surface area contributed by atoms with E-state index in [2.05, 4.69) is 5.32 Å². The second-order valence-electron chi connectivity index (χ2n) is 7.52. The summed E-state index contributed by atoms with van der Waals surface area (Å²) in [5, 5.41) is 2.71. The molecule has 0 bridgehead atoms. The second kappa shape index (κ2) is 10.7. The number of ether oxygens (including phenoxy) is 1. The van der Waals surface area contributed by atoms with Gasteiger partial charge in [-0.05, 0) is 56.5 Å². The summed E-state index contributed by atoms with van der Waals surface area (Å²) in [6.07, 6.45) is 1.65. The molecule has 1 heterocycles. The standard InChI is InChI=1S/C22H25ClN2O5S2/c1-15-5-6-16(2)20(11-15)31-14-22(27)30-13-21(26)24-19-12-17(7-8-18(19)23)32(28,29)25-9-3-4-10-25/h5-8,11-12H,3-4,9-10,13-14H2,1-2H3,(H,24,26). The number of nitrogens with one attached hydrogen (secondary N) is 1. The Labute approximate surface area is 197 Å². The molecule has 0 atom stereocenters. The summed E-state index contributed by atoms with van der Waals surface area (Å²) >= 11 is 7.47. The summed E-state index contributed by atoms with van der Waals surface area (Å²) in [6, 6.07) is 10.1. The molecule has 1 fully saturated rings. The molecule has 1 aliphatic rings. The molecule has 1 aliphatic heterocycles. The first-order valence-corrected chi connectivity index (χ1v) is 12.9. The molecule has 0 aliphatic carbocycles. The van der Waals surface area contributed by atoms with Crippen LogP contribution in [0.5, 0.6) is 0 Å². The van der Waals surface area contributed by atoms with E-state index in [1.54, 1.807) is 0 Å². The van der Waals surface area contributed by atoms with Crippen molar-refractivity contribution >= 4 is 50.9 Å². The number of halogens is 1. The fourth-order valence-electron chi connectivity index (χ4n) is 3.21. The van der Waals surface area contributed by atoms with Crippen LogP contribution in [0.25, 0.3) is 0 Å². The van der Waals surface area contributed by atoms with Crippen LogP contribution in [-0.2, 0) is 24.3 Å². The Morgan fingerprint density at radius 1 is 1.12 bits per heavy atom. The molecule has 32 heavy (non-hydrogen) atoms. The summed E-state index contributed by atoms with van der Waals surface area (Å²) < 4.78 is 31.9. The zero-order valence-corrected chi connectivity index (χ0v) is 20.3. The van der Waals surface area contributed by atoms with E-state index in [1.807, 2.05) is 32.0 Å². The molecule has 7 nitrogen and oxygen atoms in total.